The summed E-state index contributed by atoms with van der Waals surface area (Å²) in [5.74, 6) is 1.49. The summed E-state index contributed by atoms with van der Waals surface area (Å²) in [6.45, 7) is 27.2. The Balaban J connectivity index is 0.00000511. The van der Waals surface area contributed by atoms with E-state index in [2.05, 4.69) is 220 Å². The molecule has 4 heterocycles. The summed E-state index contributed by atoms with van der Waals surface area (Å²) in [7, 11) is 0. The summed E-state index contributed by atoms with van der Waals surface area (Å²) < 4.78 is 9.70. The molecule has 5 nitrogen and oxygen atoms in total. The Kier molecular flexibility index (Phi) is 9.93. The van der Waals surface area contributed by atoms with Crippen LogP contribution in [0.2, 0.25) is 0 Å². The predicted octanol–water partition coefficient (Wildman–Crippen LogP) is 14.6. The molecule has 6 aromatic carbocycles. The normalized spacial score (nSPS) is 19.5. The van der Waals surface area contributed by atoms with E-state index in [-0.39, 0.29) is 37.3 Å². The van der Waals surface area contributed by atoms with Gasteiger partial charge in [-0.2, -0.15) is 6.07 Å². The molecular formula is C60H58N4OPt. The molecule has 66 heavy (non-hydrogen) atoms. The third kappa shape index (κ3) is 6.50. The number of nitrogens with zero attached hydrogens (tertiary/aromatic N) is 4. The molecule has 8 aromatic rings. The molecule has 6 heteroatoms. The van der Waals surface area contributed by atoms with E-state index in [1.807, 2.05) is 6.20 Å². The number of aryl methyl sites for hydroxylation is 2. The van der Waals surface area contributed by atoms with Gasteiger partial charge in [-0.3, -0.25) is 4.99 Å². The van der Waals surface area contributed by atoms with Crippen molar-refractivity contribution in [2.45, 2.75) is 117 Å². The third-order valence-corrected chi connectivity index (χ3v) is 14.9. The van der Waals surface area contributed by atoms with E-state index < -0.39 is 11.1 Å². The SMILES string of the molecule is Cc1ccc2c(c1)C(C)(C)c1cc3c4cc(C)ccc4n(-c4cc(C(C)(C)C)ccn4)c3[c-]c1N2c1[c-]c(C2=N[C@]3(C)c4ccccc4Cc4ccccc4[C@]3(C)O2)cc(C(C)(C)C)c1.[Pt+2]. The maximum absolute atomic E-state index is 7.38. The van der Waals surface area contributed by atoms with Crippen molar-refractivity contribution in [1.82, 2.24) is 9.55 Å². The Morgan fingerprint density at radius 3 is 2.03 bits per heavy atom. The van der Waals surface area contributed by atoms with Crippen molar-refractivity contribution < 1.29 is 25.8 Å². The average molecular weight is 1050 g/mol. The van der Waals surface area contributed by atoms with Crippen LogP contribution in [0, 0.1) is 26.0 Å². The number of hydrogen-bond donors (Lipinski definition) is 0. The fourth-order valence-electron chi connectivity index (χ4n) is 10.9. The van der Waals surface area contributed by atoms with Crippen molar-refractivity contribution in [3.63, 3.8) is 0 Å². The topological polar surface area (TPSA) is 42.7 Å². The van der Waals surface area contributed by atoms with Crippen molar-refractivity contribution in [3.05, 3.63) is 195 Å². The van der Waals surface area contributed by atoms with E-state index in [0.29, 0.717) is 5.90 Å². The number of aliphatic imine (C=N–C) groups is 1. The molecule has 0 fully saturated rings. The van der Waals surface area contributed by atoms with Crippen LogP contribution in [0.3, 0.4) is 0 Å². The van der Waals surface area contributed by atoms with Gasteiger partial charge in [0.2, 0.25) is 0 Å². The molecule has 0 saturated carbocycles. The van der Waals surface area contributed by atoms with Crippen molar-refractivity contribution in [1.29, 1.82) is 0 Å². The van der Waals surface area contributed by atoms with Gasteiger partial charge in [-0.05, 0) is 114 Å². The summed E-state index contributed by atoms with van der Waals surface area (Å²) in [6.07, 6.45) is 2.79. The van der Waals surface area contributed by atoms with Crippen molar-refractivity contribution in [3.8, 4) is 5.82 Å². The third-order valence-electron chi connectivity index (χ3n) is 14.9. The Bertz CT molecular complexity index is 3340. The van der Waals surface area contributed by atoms with Crippen LogP contribution < -0.4 is 4.90 Å². The zero-order valence-corrected chi connectivity index (χ0v) is 42.5. The molecule has 2 aliphatic heterocycles. The van der Waals surface area contributed by atoms with Crippen molar-refractivity contribution in [2.75, 3.05) is 4.90 Å². The van der Waals surface area contributed by atoms with Gasteiger partial charge in [0.1, 0.15) is 22.9 Å². The van der Waals surface area contributed by atoms with Gasteiger partial charge in [0.15, 0.2) is 0 Å². The first-order valence-corrected chi connectivity index (χ1v) is 23.2. The number of pyridine rings is 1. The maximum Gasteiger partial charge on any atom is 2.00 e. The second kappa shape index (κ2) is 14.9. The Labute approximate surface area is 405 Å². The smallest absolute Gasteiger partial charge is 0.507 e. The van der Waals surface area contributed by atoms with Crippen LogP contribution in [0.15, 0.2) is 126 Å². The number of hydrogen-bond acceptors (Lipinski definition) is 4. The molecule has 3 aliphatic rings. The summed E-state index contributed by atoms with van der Waals surface area (Å²) >= 11 is 0. The first-order chi connectivity index (χ1) is 30.8. The molecule has 0 radical (unpaired) electrons. The van der Waals surface area contributed by atoms with E-state index >= 15 is 0 Å². The van der Waals surface area contributed by atoms with Gasteiger partial charge in [0.05, 0.1) is 0 Å². The quantitative estimate of drug-likeness (QED) is 0.166. The van der Waals surface area contributed by atoms with Crippen LogP contribution >= 0.6 is 0 Å². The predicted molar refractivity (Wildman–Crippen MR) is 268 cm³/mol. The van der Waals surface area contributed by atoms with Gasteiger partial charge >= 0.3 is 21.1 Å². The van der Waals surface area contributed by atoms with Crippen LogP contribution in [-0.4, -0.2) is 15.4 Å². The molecule has 2 atom stereocenters. The molecule has 0 unspecified atom stereocenters. The summed E-state index contributed by atoms with van der Waals surface area (Å²) in [5, 5.41) is 2.36. The first-order valence-electron chi connectivity index (χ1n) is 23.2. The summed E-state index contributed by atoms with van der Waals surface area (Å²) in [5.41, 5.74) is 16.2. The minimum absolute atomic E-state index is 0. The fourth-order valence-corrected chi connectivity index (χ4v) is 10.9. The molecule has 1 aliphatic carbocycles. The van der Waals surface area contributed by atoms with Crippen LogP contribution in [0.1, 0.15) is 130 Å². The molecule has 2 aromatic heterocycles. The zero-order chi connectivity index (χ0) is 45.6. The Morgan fingerprint density at radius 2 is 1.30 bits per heavy atom. The van der Waals surface area contributed by atoms with E-state index in [1.54, 1.807) is 0 Å². The van der Waals surface area contributed by atoms with Gasteiger partial charge < -0.3 is 14.2 Å². The van der Waals surface area contributed by atoms with Crippen molar-refractivity contribution >= 4 is 44.8 Å². The van der Waals surface area contributed by atoms with Crippen LogP contribution in [0.5, 0.6) is 0 Å². The number of fused-ring (bicyclic) bond motifs is 10. The molecule has 0 bridgehead atoms. The van der Waals surface area contributed by atoms with Crippen molar-refractivity contribution in [2.24, 2.45) is 4.99 Å². The maximum atomic E-state index is 7.38. The minimum Gasteiger partial charge on any atom is -0.507 e. The van der Waals surface area contributed by atoms with Crippen LogP contribution in [-0.2, 0) is 59.6 Å². The largest absolute Gasteiger partial charge is 2.00 e. The number of benzene rings is 6. The zero-order valence-electron chi connectivity index (χ0n) is 40.3. The number of aromatic nitrogens is 2. The van der Waals surface area contributed by atoms with E-state index in [0.717, 1.165) is 51.3 Å². The number of rotatable bonds is 3. The Morgan fingerprint density at radius 1 is 0.636 bits per heavy atom. The van der Waals surface area contributed by atoms with E-state index in [9.17, 15) is 0 Å². The number of ether oxygens (including phenoxy) is 1. The monoisotopic (exact) mass is 1050 g/mol. The van der Waals surface area contributed by atoms with Gasteiger partial charge in [-0.15, -0.1) is 40.8 Å². The van der Waals surface area contributed by atoms with Gasteiger partial charge in [0.25, 0.3) is 0 Å². The van der Waals surface area contributed by atoms with Crippen LogP contribution in [0.4, 0.5) is 17.1 Å². The molecule has 334 valence electrons. The molecule has 0 spiro atoms. The van der Waals surface area contributed by atoms with Crippen LogP contribution in [0.25, 0.3) is 27.6 Å². The fraction of sp³-hybridized carbons (Fsp3) is 0.300. The van der Waals surface area contributed by atoms with E-state index in [4.69, 9.17) is 14.7 Å². The molecule has 0 amide bonds. The summed E-state index contributed by atoms with van der Waals surface area (Å²) in [4.78, 5) is 13.1. The minimum atomic E-state index is -0.757. The standard InChI is InChI=1S/C60H58N4O.Pt/c1-36-21-23-50-44(27-36)45-34-49-53(35-52(45)64(50)54-33-41(25-26-61-54)56(3,4)5)63(51-24-22-37(2)28-48(51)58(49,9)10)43-31-40(30-42(32-43)57(6,7)8)55-62-59(11)46-19-15-13-17-38(46)29-39-18-14-16-20-47(39)60(59,12)65-55;/h13-28,30,32-34H,29H2,1-12H3;/q-2;+2/t59-,60+;/m1./s1. The second-order valence-corrected chi connectivity index (χ2v) is 21.8. The van der Waals surface area contributed by atoms with Gasteiger partial charge in [-0.25, -0.2) is 4.98 Å². The average Bonchev–Trinajstić information content (AvgIpc) is 3.71. The van der Waals surface area contributed by atoms with Gasteiger partial charge in [-0.1, -0.05) is 156 Å². The molecule has 11 rings (SSSR count). The van der Waals surface area contributed by atoms with Gasteiger partial charge in [0, 0.05) is 23.0 Å². The van der Waals surface area contributed by atoms with E-state index in [1.165, 1.54) is 61.0 Å². The Hall–Kier alpha value is -5.77. The molecular weight excluding hydrogens is 988 g/mol. The molecule has 0 N–H and O–H groups in total. The first kappa shape index (κ1) is 44.1. The number of anilines is 3. The molecule has 0 saturated heterocycles. The second-order valence-electron chi connectivity index (χ2n) is 21.8. The summed E-state index contributed by atoms with van der Waals surface area (Å²) in [6, 6.07) is 50.7.